The Bertz CT molecular complexity index is 507. The standard InChI is InChI=1S/C18H25NO/c1-4-19(5-2)18-13-9-12-15(18)17(3,16(18)20)14-10-7-6-8-11-14/h6-12,15-16,20H,4-5,13H2,1-3H3/t15-,16-,17+,18+/m0/s1. The normalized spacial score (nSPS) is 38.9. The molecule has 1 N–H and O–H groups in total. The molecule has 0 spiro atoms. The van der Waals surface area contributed by atoms with Gasteiger partial charge in [0.2, 0.25) is 0 Å². The zero-order chi connectivity index (χ0) is 14.4. The molecular formula is C18H25NO. The lowest BCUT2D eigenvalue weighted by atomic mass is 9.46. The summed E-state index contributed by atoms with van der Waals surface area (Å²) in [5, 5.41) is 11.1. The van der Waals surface area contributed by atoms with Crippen molar-refractivity contribution in [1.82, 2.24) is 4.90 Å². The lowest BCUT2D eigenvalue weighted by Crippen LogP contribution is -2.78. The van der Waals surface area contributed by atoms with Gasteiger partial charge < -0.3 is 5.11 Å². The van der Waals surface area contributed by atoms with Crippen molar-refractivity contribution < 1.29 is 5.11 Å². The summed E-state index contributed by atoms with van der Waals surface area (Å²) >= 11 is 0. The van der Waals surface area contributed by atoms with Gasteiger partial charge in [-0.2, -0.15) is 0 Å². The molecule has 0 amide bonds. The average molecular weight is 271 g/mol. The maximum atomic E-state index is 11.1. The van der Waals surface area contributed by atoms with E-state index in [-0.39, 0.29) is 17.1 Å². The first-order valence-corrected chi connectivity index (χ1v) is 7.77. The van der Waals surface area contributed by atoms with Crippen molar-refractivity contribution in [3.05, 3.63) is 48.0 Å². The van der Waals surface area contributed by atoms with Gasteiger partial charge in [-0.05, 0) is 25.1 Å². The third-order valence-electron chi connectivity index (χ3n) is 5.75. The molecular weight excluding hydrogens is 246 g/mol. The lowest BCUT2D eigenvalue weighted by molar-refractivity contribution is -0.185. The Labute approximate surface area is 122 Å². The first kappa shape index (κ1) is 13.8. The minimum atomic E-state index is -0.308. The number of nitrogens with zero attached hydrogens (tertiary/aromatic N) is 1. The highest BCUT2D eigenvalue weighted by atomic mass is 16.3. The number of hydrogen-bond donors (Lipinski definition) is 1. The maximum absolute atomic E-state index is 11.1. The molecule has 0 aliphatic heterocycles. The summed E-state index contributed by atoms with van der Waals surface area (Å²) in [6.45, 7) is 8.60. The Balaban J connectivity index is 2.01. The molecule has 0 unspecified atom stereocenters. The molecule has 108 valence electrons. The second-order valence-corrected chi connectivity index (χ2v) is 6.32. The largest absolute Gasteiger partial charge is 0.390 e. The van der Waals surface area contributed by atoms with Crippen molar-refractivity contribution in [2.75, 3.05) is 13.1 Å². The van der Waals surface area contributed by atoms with Crippen LogP contribution in [0.5, 0.6) is 0 Å². The quantitative estimate of drug-likeness (QED) is 0.851. The van der Waals surface area contributed by atoms with Crippen molar-refractivity contribution in [2.24, 2.45) is 5.92 Å². The number of rotatable bonds is 4. The van der Waals surface area contributed by atoms with Crippen molar-refractivity contribution >= 4 is 0 Å². The van der Waals surface area contributed by atoms with E-state index in [9.17, 15) is 5.11 Å². The van der Waals surface area contributed by atoms with Crippen LogP contribution in [0.3, 0.4) is 0 Å². The Hall–Kier alpha value is -1.12. The molecule has 4 atom stereocenters. The zero-order valence-corrected chi connectivity index (χ0v) is 12.7. The summed E-state index contributed by atoms with van der Waals surface area (Å²) in [5.74, 6) is 0.410. The summed E-state index contributed by atoms with van der Waals surface area (Å²) < 4.78 is 0. The van der Waals surface area contributed by atoms with Crippen LogP contribution in [0.2, 0.25) is 0 Å². The van der Waals surface area contributed by atoms with E-state index in [1.54, 1.807) is 0 Å². The van der Waals surface area contributed by atoms with Crippen LogP contribution < -0.4 is 0 Å². The summed E-state index contributed by atoms with van der Waals surface area (Å²) in [6.07, 6.45) is 5.26. The van der Waals surface area contributed by atoms with E-state index in [4.69, 9.17) is 0 Å². The lowest BCUT2D eigenvalue weighted by Gasteiger charge is -2.66. The molecule has 20 heavy (non-hydrogen) atoms. The van der Waals surface area contributed by atoms with E-state index < -0.39 is 0 Å². The predicted octanol–water partition coefficient (Wildman–Crippen LogP) is 2.98. The first-order valence-electron chi connectivity index (χ1n) is 7.77. The van der Waals surface area contributed by atoms with Gasteiger partial charge in [0.1, 0.15) is 0 Å². The highest BCUT2D eigenvalue weighted by Crippen LogP contribution is 2.62. The van der Waals surface area contributed by atoms with Crippen molar-refractivity contribution in [3.8, 4) is 0 Å². The number of likely N-dealkylation sites (N-methyl/N-ethyl adjacent to an activating group) is 1. The second-order valence-electron chi connectivity index (χ2n) is 6.32. The van der Waals surface area contributed by atoms with Gasteiger partial charge in [0.25, 0.3) is 0 Å². The number of hydrogen-bond acceptors (Lipinski definition) is 2. The molecule has 2 heteroatoms. The molecule has 0 heterocycles. The minimum absolute atomic E-state index is 0.0753. The predicted molar refractivity (Wildman–Crippen MR) is 82.7 cm³/mol. The van der Waals surface area contributed by atoms with E-state index in [0.717, 1.165) is 19.5 Å². The average Bonchev–Trinajstić information content (AvgIpc) is 2.91. The fraction of sp³-hybridized carbons (Fsp3) is 0.556. The molecule has 1 aromatic carbocycles. The smallest absolute Gasteiger partial charge is 0.0833 e. The van der Waals surface area contributed by atoms with Crippen LogP contribution in [0.25, 0.3) is 0 Å². The molecule has 1 saturated carbocycles. The molecule has 1 fully saturated rings. The van der Waals surface area contributed by atoms with Crippen molar-refractivity contribution in [2.45, 2.75) is 44.2 Å². The molecule has 3 rings (SSSR count). The van der Waals surface area contributed by atoms with E-state index in [0.29, 0.717) is 5.92 Å². The van der Waals surface area contributed by atoms with Crippen LogP contribution in [0.4, 0.5) is 0 Å². The molecule has 2 aliphatic rings. The Kier molecular flexibility index (Phi) is 3.26. The Morgan fingerprint density at radius 2 is 1.85 bits per heavy atom. The number of aliphatic hydroxyl groups is 1. The van der Waals surface area contributed by atoms with Crippen LogP contribution in [-0.4, -0.2) is 34.7 Å². The summed E-state index contributed by atoms with van der Waals surface area (Å²) in [4.78, 5) is 2.45. The second kappa shape index (κ2) is 4.71. The maximum Gasteiger partial charge on any atom is 0.0833 e. The van der Waals surface area contributed by atoms with Crippen LogP contribution in [-0.2, 0) is 5.41 Å². The molecule has 2 nitrogen and oxygen atoms in total. The van der Waals surface area contributed by atoms with Gasteiger partial charge in [0.15, 0.2) is 0 Å². The van der Waals surface area contributed by atoms with E-state index in [1.807, 2.05) is 6.07 Å². The van der Waals surface area contributed by atoms with E-state index in [2.05, 4.69) is 62.1 Å². The number of fused-ring (bicyclic) bond motifs is 1. The number of benzene rings is 1. The summed E-state index contributed by atoms with van der Waals surface area (Å²) in [7, 11) is 0. The number of aliphatic hydroxyl groups excluding tert-OH is 1. The third-order valence-corrected chi connectivity index (χ3v) is 5.75. The van der Waals surface area contributed by atoms with Crippen LogP contribution in [0, 0.1) is 5.92 Å². The van der Waals surface area contributed by atoms with Gasteiger partial charge in [-0.15, -0.1) is 0 Å². The highest BCUT2D eigenvalue weighted by Gasteiger charge is 2.70. The fourth-order valence-electron chi connectivity index (χ4n) is 4.73. The van der Waals surface area contributed by atoms with Gasteiger partial charge in [0, 0.05) is 11.3 Å². The molecule has 1 aromatic rings. The SMILES string of the molecule is CCN(CC)[C@]12CC=C[C@H]1[C@@](C)(c1ccccc1)[C@@H]2O. The van der Waals surface area contributed by atoms with Gasteiger partial charge in [-0.25, -0.2) is 0 Å². The zero-order valence-electron chi connectivity index (χ0n) is 12.7. The van der Waals surface area contributed by atoms with Gasteiger partial charge in [-0.1, -0.05) is 63.3 Å². The summed E-state index contributed by atoms with van der Waals surface area (Å²) in [6, 6.07) is 10.5. The molecule has 0 radical (unpaired) electrons. The Morgan fingerprint density at radius 3 is 2.45 bits per heavy atom. The Morgan fingerprint density at radius 1 is 1.20 bits per heavy atom. The van der Waals surface area contributed by atoms with Gasteiger partial charge >= 0.3 is 0 Å². The van der Waals surface area contributed by atoms with E-state index in [1.165, 1.54) is 5.56 Å². The molecule has 2 aliphatic carbocycles. The topological polar surface area (TPSA) is 23.5 Å². The van der Waals surface area contributed by atoms with Gasteiger partial charge in [0.05, 0.1) is 11.6 Å². The van der Waals surface area contributed by atoms with Crippen molar-refractivity contribution in [1.29, 1.82) is 0 Å². The van der Waals surface area contributed by atoms with Crippen LogP contribution >= 0.6 is 0 Å². The molecule has 0 bridgehead atoms. The van der Waals surface area contributed by atoms with Crippen LogP contribution in [0.15, 0.2) is 42.5 Å². The first-order chi connectivity index (χ1) is 9.62. The molecule has 0 aromatic heterocycles. The highest BCUT2D eigenvalue weighted by molar-refractivity contribution is 5.44. The van der Waals surface area contributed by atoms with Crippen molar-refractivity contribution in [3.63, 3.8) is 0 Å². The monoisotopic (exact) mass is 271 g/mol. The van der Waals surface area contributed by atoms with Gasteiger partial charge in [-0.3, -0.25) is 4.90 Å². The van der Waals surface area contributed by atoms with E-state index >= 15 is 0 Å². The minimum Gasteiger partial charge on any atom is -0.390 e. The fourth-order valence-corrected chi connectivity index (χ4v) is 4.73. The van der Waals surface area contributed by atoms with Crippen LogP contribution in [0.1, 0.15) is 32.8 Å². The third kappa shape index (κ3) is 1.47. The summed E-state index contributed by atoms with van der Waals surface area (Å²) in [5.41, 5.74) is 1.03. The molecule has 0 saturated heterocycles.